The van der Waals surface area contributed by atoms with Gasteiger partial charge in [0.15, 0.2) is 6.10 Å². The number of allylic oxidation sites excluding steroid dienone is 14. The van der Waals surface area contributed by atoms with Crippen molar-refractivity contribution in [2.75, 3.05) is 26.4 Å². The van der Waals surface area contributed by atoms with Crippen LogP contribution in [0.1, 0.15) is 162 Å². The van der Waals surface area contributed by atoms with E-state index < -0.39 is 38.6 Å². The number of hydrogen-bond acceptors (Lipinski definition) is 9. The summed E-state index contributed by atoms with van der Waals surface area (Å²) in [6.07, 6.45) is 53.5. The van der Waals surface area contributed by atoms with Gasteiger partial charge in [-0.05, 0) is 77.0 Å². The third kappa shape index (κ3) is 43.0. The van der Waals surface area contributed by atoms with Gasteiger partial charge in [-0.3, -0.25) is 18.6 Å². The zero-order valence-corrected chi connectivity index (χ0v) is 38.2. The van der Waals surface area contributed by atoms with E-state index in [1.165, 1.54) is 57.8 Å². The molecule has 0 bridgehead atoms. The molecule has 0 radical (unpaired) electrons. The fourth-order valence-corrected chi connectivity index (χ4v) is 6.42. The second-order valence-electron chi connectivity index (χ2n) is 14.7. The molecule has 0 heterocycles. The van der Waals surface area contributed by atoms with Gasteiger partial charge in [-0.2, -0.15) is 0 Å². The Morgan fingerprint density at radius 3 is 1.75 bits per heavy atom. The van der Waals surface area contributed by atoms with Crippen LogP contribution in [-0.2, 0) is 32.7 Å². The maximum Gasteiger partial charge on any atom is 0.472 e. The molecule has 0 saturated heterocycles. The molecule has 0 spiro atoms. The van der Waals surface area contributed by atoms with Crippen molar-refractivity contribution in [3.05, 3.63) is 97.2 Å². The van der Waals surface area contributed by atoms with Crippen molar-refractivity contribution in [2.45, 2.75) is 174 Å². The molecule has 10 nitrogen and oxygen atoms in total. The first kappa shape index (κ1) is 56.9. The molecule has 2 unspecified atom stereocenters. The standard InChI is InChI=1S/C49H82NO9P/c1-3-5-7-8-9-10-11-12-13-14-15-16-17-20-23-26-29-32-36-40-48(52)56-44-47(45-58-60(54,55)57-43-42-50)59-49(53)41-37-33-30-27-24-21-18-19-22-25-28-31-35-39-46(51)38-34-6-4-2/h6,9-10,12-13,19,21-22,24,28,30-31,33-35,39,46-47,51H,3-5,7-8,11,14-18,20,23,25-27,29,32,36-38,40-45,50H2,1-2H3,(H,54,55)/b10-9-,13-12-,22-19-,24-21-,31-28+,33-30-,34-6-,39-35+/t46?,47-/m1/s1. The zero-order valence-electron chi connectivity index (χ0n) is 37.3. The lowest BCUT2D eigenvalue weighted by Crippen LogP contribution is -2.29. The quantitative estimate of drug-likeness (QED) is 0.0178. The van der Waals surface area contributed by atoms with Crippen molar-refractivity contribution in [2.24, 2.45) is 5.73 Å². The Labute approximate surface area is 364 Å². The van der Waals surface area contributed by atoms with Gasteiger partial charge in [0.05, 0.1) is 19.3 Å². The lowest BCUT2D eigenvalue weighted by atomic mass is 10.1. The molecule has 3 atom stereocenters. The highest BCUT2D eigenvalue weighted by molar-refractivity contribution is 7.47. The molecule has 0 aliphatic heterocycles. The zero-order chi connectivity index (χ0) is 44.0. The number of phosphoric acid groups is 1. The predicted molar refractivity (Wildman–Crippen MR) is 248 cm³/mol. The van der Waals surface area contributed by atoms with Crippen LogP contribution in [-0.4, -0.2) is 60.5 Å². The van der Waals surface area contributed by atoms with E-state index in [1.54, 1.807) is 6.08 Å². The predicted octanol–water partition coefficient (Wildman–Crippen LogP) is 12.4. The van der Waals surface area contributed by atoms with Crippen molar-refractivity contribution in [3.8, 4) is 0 Å². The number of phosphoric ester groups is 1. The number of hydrogen-bond donors (Lipinski definition) is 3. The topological polar surface area (TPSA) is 155 Å². The minimum absolute atomic E-state index is 0.0296. The molecular formula is C49H82NO9P. The van der Waals surface area contributed by atoms with E-state index in [-0.39, 0.29) is 32.6 Å². The van der Waals surface area contributed by atoms with Gasteiger partial charge in [0.2, 0.25) is 0 Å². The fraction of sp³-hybridized carbons (Fsp3) is 0.633. The van der Waals surface area contributed by atoms with E-state index in [2.05, 4.69) is 56.4 Å². The fourth-order valence-electron chi connectivity index (χ4n) is 5.66. The van der Waals surface area contributed by atoms with Crippen molar-refractivity contribution >= 4 is 19.8 Å². The van der Waals surface area contributed by atoms with E-state index in [4.69, 9.17) is 24.3 Å². The summed E-state index contributed by atoms with van der Waals surface area (Å²) in [7, 11) is -4.42. The first-order valence-electron chi connectivity index (χ1n) is 22.8. The molecule has 0 amide bonds. The average Bonchev–Trinajstić information content (AvgIpc) is 3.23. The van der Waals surface area contributed by atoms with Crippen LogP contribution in [0.3, 0.4) is 0 Å². The third-order valence-electron chi connectivity index (χ3n) is 9.05. The average molecular weight is 860 g/mol. The van der Waals surface area contributed by atoms with Crippen LogP contribution in [0.2, 0.25) is 0 Å². The number of aliphatic hydroxyl groups excluding tert-OH is 1. The molecule has 11 heteroatoms. The van der Waals surface area contributed by atoms with Crippen molar-refractivity contribution in [3.63, 3.8) is 0 Å². The number of unbranched alkanes of at least 4 members (excludes halogenated alkanes) is 12. The number of rotatable bonds is 41. The number of esters is 2. The molecule has 342 valence electrons. The molecule has 0 aromatic heterocycles. The Balaban J connectivity index is 4.30. The summed E-state index contributed by atoms with van der Waals surface area (Å²) in [4.78, 5) is 34.9. The van der Waals surface area contributed by atoms with E-state index >= 15 is 0 Å². The summed E-state index contributed by atoms with van der Waals surface area (Å²) >= 11 is 0. The smallest absolute Gasteiger partial charge is 0.462 e. The van der Waals surface area contributed by atoms with Gasteiger partial charge in [-0.15, -0.1) is 0 Å². The number of aliphatic hydroxyl groups is 1. The Kier molecular flexibility index (Phi) is 41.7. The maximum absolute atomic E-state index is 12.6. The SMILES string of the molecule is CC/C=C\CC(O)/C=C/C=C/C/C=C\C/C=C\C/C=C\CCC(=O)O[C@H](COC(=O)CCCCCCCCCCC/C=C\C/C=C\CCCCC)COP(=O)(O)OCCN. The van der Waals surface area contributed by atoms with E-state index in [0.29, 0.717) is 19.3 Å². The molecule has 0 aromatic rings. The number of carbonyl (C=O) groups is 2. The molecule has 0 aliphatic rings. The summed E-state index contributed by atoms with van der Waals surface area (Å²) in [5.74, 6) is -0.960. The molecule has 0 aliphatic carbocycles. The summed E-state index contributed by atoms with van der Waals surface area (Å²) in [6.45, 7) is 3.38. The summed E-state index contributed by atoms with van der Waals surface area (Å²) in [5.41, 5.74) is 5.34. The van der Waals surface area contributed by atoms with Crippen LogP contribution in [0, 0.1) is 0 Å². The summed E-state index contributed by atoms with van der Waals surface area (Å²) in [5, 5.41) is 9.84. The molecular weight excluding hydrogens is 778 g/mol. The van der Waals surface area contributed by atoms with Crippen LogP contribution in [0.15, 0.2) is 97.2 Å². The first-order valence-corrected chi connectivity index (χ1v) is 24.3. The van der Waals surface area contributed by atoms with Crippen LogP contribution in [0.4, 0.5) is 0 Å². The van der Waals surface area contributed by atoms with Gasteiger partial charge < -0.3 is 25.2 Å². The van der Waals surface area contributed by atoms with Gasteiger partial charge in [0.25, 0.3) is 0 Å². The van der Waals surface area contributed by atoms with Gasteiger partial charge >= 0.3 is 19.8 Å². The van der Waals surface area contributed by atoms with Crippen molar-refractivity contribution in [1.82, 2.24) is 0 Å². The molecule has 0 aromatic carbocycles. The normalized spacial score (nSPS) is 14.7. The highest BCUT2D eigenvalue weighted by Gasteiger charge is 2.25. The molecule has 60 heavy (non-hydrogen) atoms. The Bertz CT molecular complexity index is 1320. The number of nitrogens with two attached hydrogens (primary N) is 1. The Hall–Kier alpha value is -3.11. The highest BCUT2D eigenvalue weighted by Crippen LogP contribution is 2.43. The number of carbonyl (C=O) groups excluding carboxylic acids is 2. The molecule has 0 rings (SSSR count). The summed E-state index contributed by atoms with van der Waals surface area (Å²) in [6, 6.07) is 0. The number of ether oxygens (including phenoxy) is 2. The Morgan fingerprint density at radius 2 is 1.15 bits per heavy atom. The lowest BCUT2D eigenvalue weighted by Gasteiger charge is -2.19. The second-order valence-corrected chi connectivity index (χ2v) is 16.2. The first-order chi connectivity index (χ1) is 29.2. The van der Waals surface area contributed by atoms with Gasteiger partial charge in [0.1, 0.15) is 6.61 Å². The van der Waals surface area contributed by atoms with Gasteiger partial charge in [-0.25, -0.2) is 4.57 Å². The maximum atomic E-state index is 12.6. The largest absolute Gasteiger partial charge is 0.472 e. The van der Waals surface area contributed by atoms with E-state index in [9.17, 15) is 24.2 Å². The van der Waals surface area contributed by atoms with Crippen LogP contribution < -0.4 is 5.73 Å². The van der Waals surface area contributed by atoms with Crippen LogP contribution in [0.5, 0.6) is 0 Å². The minimum atomic E-state index is -4.42. The van der Waals surface area contributed by atoms with E-state index in [1.807, 2.05) is 48.6 Å². The molecule has 0 saturated carbocycles. The lowest BCUT2D eigenvalue weighted by molar-refractivity contribution is -0.161. The van der Waals surface area contributed by atoms with Gasteiger partial charge in [0, 0.05) is 19.4 Å². The van der Waals surface area contributed by atoms with Gasteiger partial charge in [-0.1, -0.05) is 169 Å². The highest BCUT2D eigenvalue weighted by atomic mass is 31.2. The monoisotopic (exact) mass is 860 g/mol. The van der Waals surface area contributed by atoms with Crippen LogP contribution >= 0.6 is 7.82 Å². The van der Waals surface area contributed by atoms with E-state index in [0.717, 1.165) is 57.8 Å². The molecule has 4 N–H and O–H groups in total. The second kappa shape index (κ2) is 44.0. The van der Waals surface area contributed by atoms with Crippen molar-refractivity contribution in [1.29, 1.82) is 0 Å². The minimum Gasteiger partial charge on any atom is -0.462 e. The third-order valence-corrected chi connectivity index (χ3v) is 10.0. The van der Waals surface area contributed by atoms with Crippen LogP contribution in [0.25, 0.3) is 0 Å². The summed E-state index contributed by atoms with van der Waals surface area (Å²) < 4.78 is 32.7. The Morgan fingerprint density at radius 1 is 0.600 bits per heavy atom. The molecule has 0 fully saturated rings. The van der Waals surface area contributed by atoms with Crippen molar-refractivity contribution < 1.29 is 42.7 Å².